The number of rotatable bonds is 3. The number of nitriles is 2. The highest BCUT2D eigenvalue weighted by molar-refractivity contribution is 6.31. The summed E-state index contributed by atoms with van der Waals surface area (Å²) in [7, 11) is 0. The lowest BCUT2D eigenvalue weighted by molar-refractivity contribution is -0.385. The van der Waals surface area contributed by atoms with Gasteiger partial charge in [-0.1, -0.05) is 11.6 Å². The van der Waals surface area contributed by atoms with Crippen LogP contribution in [0.25, 0.3) is 0 Å². The molecule has 0 aromatic heterocycles. The molecule has 1 rings (SSSR count). The molecule has 17 heavy (non-hydrogen) atoms. The highest BCUT2D eigenvalue weighted by Gasteiger charge is 2.26. The maximum absolute atomic E-state index is 11.7. The Morgan fingerprint density at radius 1 is 1.41 bits per heavy atom. The first kappa shape index (κ1) is 12.6. The number of nitro benzene ring substituents is 1. The van der Waals surface area contributed by atoms with Gasteiger partial charge in [0, 0.05) is 11.1 Å². The van der Waals surface area contributed by atoms with Gasteiger partial charge >= 0.3 is 0 Å². The summed E-state index contributed by atoms with van der Waals surface area (Å²) in [5, 5.41) is 27.9. The van der Waals surface area contributed by atoms with Gasteiger partial charge in [-0.3, -0.25) is 14.9 Å². The predicted molar refractivity (Wildman–Crippen MR) is 57.2 cm³/mol. The van der Waals surface area contributed by atoms with Crippen LogP contribution in [0.1, 0.15) is 10.4 Å². The van der Waals surface area contributed by atoms with Crippen molar-refractivity contribution in [2.45, 2.75) is 0 Å². The predicted octanol–water partition coefficient (Wildman–Crippen LogP) is 2.09. The molecule has 0 aliphatic heterocycles. The number of hydrogen-bond acceptors (Lipinski definition) is 5. The fraction of sp³-hybridized carbons (Fsp3) is 0.100. The maximum Gasteiger partial charge on any atom is 0.281 e. The summed E-state index contributed by atoms with van der Waals surface area (Å²) in [5.41, 5.74) is -0.814. The van der Waals surface area contributed by atoms with E-state index in [1.807, 2.05) is 0 Å². The largest absolute Gasteiger partial charge is 0.291 e. The molecule has 0 spiro atoms. The van der Waals surface area contributed by atoms with Gasteiger partial charge in [0.05, 0.1) is 22.6 Å². The van der Waals surface area contributed by atoms with E-state index in [1.54, 1.807) is 0 Å². The highest BCUT2D eigenvalue weighted by atomic mass is 35.5. The van der Waals surface area contributed by atoms with E-state index in [0.717, 1.165) is 12.1 Å². The van der Waals surface area contributed by atoms with Crippen LogP contribution in [0.3, 0.4) is 0 Å². The highest BCUT2D eigenvalue weighted by Crippen LogP contribution is 2.25. The topological polar surface area (TPSA) is 108 Å². The van der Waals surface area contributed by atoms with E-state index < -0.39 is 22.3 Å². The number of Topliss-reactive ketones (excluding diaryl/α,β-unsaturated/α-hetero) is 1. The number of carbonyl (C=O) groups excluding carboxylic acids is 1. The summed E-state index contributed by atoms with van der Waals surface area (Å²) < 4.78 is 0. The Kier molecular flexibility index (Phi) is 3.76. The molecule has 0 aliphatic carbocycles. The van der Waals surface area contributed by atoms with Crippen molar-refractivity contribution in [1.29, 1.82) is 10.5 Å². The molecule has 0 bridgehead atoms. The average molecular weight is 250 g/mol. The first-order valence-corrected chi connectivity index (χ1v) is 4.66. The van der Waals surface area contributed by atoms with Crippen molar-refractivity contribution in [3.63, 3.8) is 0 Å². The number of nitrogens with zero attached hydrogens (tertiary/aromatic N) is 3. The van der Waals surface area contributed by atoms with Gasteiger partial charge in [0.15, 0.2) is 5.92 Å². The van der Waals surface area contributed by atoms with Crippen LogP contribution in [-0.2, 0) is 0 Å². The number of halogens is 1. The van der Waals surface area contributed by atoms with E-state index in [1.165, 1.54) is 18.2 Å². The van der Waals surface area contributed by atoms with Crippen LogP contribution in [0.5, 0.6) is 0 Å². The Labute approximate surface area is 101 Å². The van der Waals surface area contributed by atoms with E-state index in [9.17, 15) is 14.9 Å². The summed E-state index contributed by atoms with van der Waals surface area (Å²) in [6.07, 6.45) is 0. The van der Waals surface area contributed by atoms with Gasteiger partial charge in [-0.15, -0.1) is 0 Å². The van der Waals surface area contributed by atoms with Crippen molar-refractivity contribution in [2.75, 3.05) is 0 Å². The maximum atomic E-state index is 11.7. The van der Waals surface area contributed by atoms with E-state index in [2.05, 4.69) is 0 Å². The number of benzene rings is 1. The first-order chi connectivity index (χ1) is 8.01. The normalized spacial score (nSPS) is 9.41. The Morgan fingerprint density at radius 3 is 2.47 bits per heavy atom. The van der Waals surface area contributed by atoms with Crippen molar-refractivity contribution < 1.29 is 9.72 Å². The number of ketones is 1. The zero-order chi connectivity index (χ0) is 13.0. The molecule has 0 saturated heterocycles. The lowest BCUT2D eigenvalue weighted by Gasteiger charge is -2.02. The van der Waals surface area contributed by atoms with E-state index in [4.69, 9.17) is 22.1 Å². The van der Waals surface area contributed by atoms with E-state index >= 15 is 0 Å². The molecule has 0 fully saturated rings. The molecule has 0 heterocycles. The Balaban J connectivity index is 3.33. The molecule has 0 N–H and O–H groups in total. The van der Waals surface area contributed by atoms with Crippen LogP contribution in [0.2, 0.25) is 5.02 Å². The molecule has 0 unspecified atom stereocenters. The zero-order valence-corrected chi connectivity index (χ0v) is 9.01. The minimum Gasteiger partial charge on any atom is -0.291 e. The third-order valence-corrected chi connectivity index (χ3v) is 2.18. The number of nitro groups is 1. The van der Waals surface area contributed by atoms with Crippen LogP contribution in [0.15, 0.2) is 18.2 Å². The van der Waals surface area contributed by atoms with Gasteiger partial charge in [0.1, 0.15) is 0 Å². The van der Waals surface area contributed by atoms with Gasteiger partial charge in [-0.2, -0.15) is 10.5 Å². The molecule has 0 atom stereocenters. The van der Waals surface area contributed by atoms with Gasteiger partial charge in [-0.25, -0.2) is 0 Å². The SMILES string of the molecule is N#CC(C#N)C(=O)c1ccc(Cl)cc1[N+](=O)[O-]. The van der Waals surface area contributed by atoms with Crippen LogP contribution in [0, 0.1) is 38.7 Å². The molecule has 7 heteroatoms. The third kappa shape index (κ3) is 2.57. The third-order valence-electron chi connectivity index (χ3n) is 1.94. The van der Waals surface area contributed by atoms with E-state index in [0.29, 0.717) is 0 Å². The minimum absolute atomic E-state index is 0.0960. The second-order valence-corrected chi connectivity index (χ2v) is 3.41. The van der Waals surface area contributed by atoms with Crippen molar-refractivity contribution in [1.82, 2.24) is 0 Å². The van der Waals surface area contributed by atoms with Crippen molar-refractivity contribution >= 4 is 23.1 Å². The molecule has 84 valence electrons. The fourth-order valence-electron chi connectivity index (χ4n) is 1.17. The van der Waals surface area contributed by atoms with Crippen molar-refractivity contribution in [3.8, 4) is 12.1 Å². The smallest absolute Gasteiger partial charge is 0.281 e. The summed E-state index contributed by atoms with van der Waals surface area (Å²) in [5.74, 6) is -2.46. The van der Waals surface area contributed by atoms with Crippen molar-refractivity contribution in [2.24, 2.45) is 5.92 Å². The number of hydrogen-bond donors (Lipinski definition) is 0. The lowest BCUT2D eigenvalue weighted by atomic mass is 9.99. The van der Waals surface area contributed by atoms with E-state index in [-0.39, 0.29) is 10.6 Å². The standard InChI is InChI=1S/C10H4ClN3O3/c11-7-1-2-8(9(3-7)14(16)17)10(15)6(4-12)5-13/h1-3,6H. The first-order valence-electron chi connectivity index (χ1n) is 4.28. The zero-order valence-electron chi connectivity index (χ0n) is 8.25. The molecule has 0 amide bonds. The monoisotopic (exact) mass is 249 g/mol. The van der Waals surface area contributed by atoms with Gasteiger partial charge in [0.25, 0.3) is 5.69 Å². The Morgan fingerprint density at radius 2 is 2.00 bits per heavy atom. The average Bonchev–Trinajstić information content (AvgIpc) is 2.30. The molecule has 0 aliphatic rings. The quantitative estimate of drug-likeness (QED) is 0.463. The van der Waals surface area contributed by atoms with Crippen LogP contribution in [0.4, 0.5) is 5.69 Å². The lowest BCUT2D eigenvalue weighted by Crippen LogP contribution is -2.12. The summed E-state index contributed by atoms with van der Waals surface area (Å²) in [4.78, 5) is 21.6. The second-order valence-electron chi connectivity index (χ2n) is 2.97. The van der Waals surface area contributed by atoms with Crippen LogP contribution >= 0.6 is 11.6 Å². The summed E-state index contributed by atoms with van der Waals surface area (Å²) in [6.45, 7) is 0. The summed E-state index contributed by atoms with van der Waals surface area (Å²) >= 11 is 5.57. The molecule has 0 radical (unpaired) electrons. The molecular weight excluding hydrogens is 246 g/mol. The van der Waals surface area contributed by atoms with Gasteiger partial charge in [-0.05, 0) is 12.1 Å². The second kappa shape index (κ2) is 5.06. The van der Waals surface area contributed by atoms with Crippen LogP contribution < -0.4 is 0 Å². The van der Waals surface area contributed by atoms with Gasteiger partial charge < -0.3 is 0 Å². The Hall–Kier alpha value is -2.44. The minimum atomic E-state index is -1.56. The fourth-order valence-corrected chi connectivity index (χ4v) is 1.33. The molecule has 0 saturated carbocycles. The Bertz CT molecular complexity index is 557. The molecular formula is C10H4ClN3O3. The molecule has 1 aromatic rings. The van der Waals surface area contributed by atoms with Crippen molar-refractivity contribution in [3.05, 3.63) is 38.9 Å². The van der Waals surface area contributed by atoms with Crippen LogP contribution in [-0.4, -0.2) is 10.7 Å². The molecule has 6 nitrogen and oxygen atoms in total. The number of carbonyl (C=O) groups is 1. The summed E-state index contributed by atoms with van der Waals surface area (Å²) in [6, 6.07) is 6.34. The molecule has 1 aromatic carbocycles. The van der Waals surface area contributed by atoms with Gasteiger partial charge in [0.2, 0.25) is 5.78 Å².